The van der Waals surface area contributed by atoms with Gasteiger partial charge in [0.1, 0.15) is 0 Å². The lowest BCUT2D eigenvalue weighted by atomic mass is 10.1. The van der Waals surface area contributed by atoms with E-state index in [1.54, 1.807) is 42.6 Å². The number of fused-ring (bicyclic) bond motifs is 1. The molecule has 1 aromatic carbocycles. The van der Waals surface area contributed by atoms with Crippen LogP contribution in [0.3, 0.4) is 0 Å². The molecule has 0 unspecified atom stereocenters. The SMILES string of the molecule is CN=C(NCCCCN1C(=O)c2ccccc2C1=O)N(C)CCc1cccs1.I. The molecule has 2 aromatic rings. The van der Waals surface area contributed by atoms with E-state index in [-0.39, 0.29) is 35.8 Å². The molecule has 0 saturated heterocycles. The molecule has 2 heterocycles. The Bertz CT molecular complexity index is 819. The molecular formula is C21H27IN4O2S. The minimum Gasteiger partial charge on any atom is -0.356 e. The predicted molar refractivity (Wildman–Crippen MR) is 128 cm³/mol. The Morgan fingerprint density at radius 2 is 1.79 bits per heavy atom. The molecule has 0 bridgehead atoms. The number of halogens is 1. The third-order valence-electron chi connectivity index (χ3n) is 4.82. The quantitative estimate of drug-likeness (QED) is 0.188. The van der Waals surface area contributed by atoms with Gasteiger partial charge in [-0.15, -0.1) is 35.3 Å². The maximum Gasteiger partial charge on any atom is 0.261 e. The number of amides is 2. The lowest BCUT2D eigenvalue weighted by Gasteiger charge is -2.22. The molecule has 1 aliphatic rings. The molecule has 1 N–H and O–H groups in total. The van der Waals surface area contributed by atoms with Crippen LogP contribution in [0.5, 0.6) is 0 Å². The second-order valence-electron chi connectivity index (χ2n) is 6.74. The van der Waals surface area contributed by atoms with Crippen LogP contribution in [0.15, 0.2) is 46.8 Å². The predicted octanol–water partition coefficient (Wildman–Crippen LogP) is 3.49. The Hall–Kier alpha value is -1.94. The van der Waals surface area contributed by atoms with Gasteiger partial charge in [0.25, 0.3) is 11.8 Å². The van der Waals surface area contributed by atoms with Gasteiger partial charge in [-0.3, -0.25) is 19.5 Å². The summed E-state index contributed by atoms with van der Waals surface area (Å²) in [5, 5.41) is 5.45. The van der Waals surface area contributed by atoms with Gasteiger partial charge in [-0.2, -0.15) is 0 Å². The average molecular weight is 526 g/mol. The van der Waals surface area contributed by atoms with Crippen molar-refractivity contribution < 1.29 is 9.59 Å². The third kappa shape index (κ3) is 5.79. The highest BCUT2D eigenvalue weighted by Gasteiger charge is 2.34. The highest BCUT2D eigenvalue weighted by atomic mass is 127. The van der Waals surface area contributed by atoms with Gasteiger partial charge in [-0.05, 0) is 42.8 Å². The maximum atomic E-state index is 12.3. The molecule has 3 rings (SSSR count). The molecule has 0 fully saturated rings. The van der Waals surface area contributed by atoms with Crippen LogP contribution in [-0.4, -0.2) is 61.3 Å². The average Bonchev–Trinajstić information content (AvgIpc) is 3.31. The molecule has 2 amide bonds. The molecule has 1 aromatic heterocycles. The van der Waals surface area contributed by atoms with Crippen LogP contribution >= 0.6 is 35.3 Å². The van der Waals surface area contributed by atoms with Crippen molar-refractivity contribution in [3.8, 4) is 0 Å². The molecule has 6 nitrogen and oxygen atoms in total. The number of imide groups is 1. The second-order valence-corrected chi connectivity index (χ2v) is 7.77. The Balaban J connectivity index is 0.00000300. The Labute approximate surface area is 193 Å². The van der Waals surface area contributed by atoms with Crippen molar-refractivity contribution in [2.24, 2.45) is 4.99 Å². The summed E-state index contributed by atoms with van der Waals surface area (Å²) < 4.78 is 0. The molecule has 29 heavy (non-hydrogen) atoms. The molecule has 0 radical (unpaired) electrons. The summed E-state index contributed by atoms with van der Waals surface area (Å²) in [7, 11) is 3.81. The van der Waals surface area contributed by atoms with Crippen LogP contribution in [0.25, 0.3) is 0 Å². The standard InChI is InChI=1S/C21H26N4O2S.HI/c1-22-21(24(2)14-11-16-8-7-15-28-16)23-12-5-6-13-25-19(26)17-9-3-4-10-18(17)20(25)27;/h3-4,7-10,15H,5-6,11-14H2,1-2H3,(H,22,23);1H. The van der Waals surface area contributed by atoms with E-state index in [1.165, 1.54) is 9.78 Å². The first-order chi connectivity index (χ1) is 13.6. The van der Waals surface area contributed by atoms with Gasteiger partial charge in [0.05, 0.1) is 11.1 Å². The van der Waals surface area contributed by atoms with Gasteiger partial charge < -0.3 is 10.2 Å². The summed E-state index contributed by atoms with van der Waals surface area (Å²) >= 11 is 1.77. The first-order valence-electron chi connectivity index (χ1n) is 9.51. The van der Waals surface area contributed by atoms with Gasteiger partial charge in [-0.1, -0.05) is 18.2 Å². The van der Waals surface area contributed by atoms with E-state index in [1.807, 2.05) is 7.05 Å². The van der Waals surface area contributed by atoms with E-state index < -0.39 is 0 Å². The first kappa shape index (κ1) is 23.3. The Morgan fingerprint density at radius 3 is 2.38 bits per heavy atom. The molecule has 156 valence electrons. The van der Waals surface area contributed by atoms with Crippen LogP contribution in [-0.2, 0) is 6.42 Å². The van der Waals surface area contributed by atoms with Crippen LogP contribution in [0.4, 0.5) is 0 Å². The summed E-state index contributed by atoms with van der Waals surface area (Å²) in [4.78, 5) is 33.9. The van der Waals surface area contributed by atoms with Gasteiger partial charge in [0.2, 0.25) is 0 Å². The Kier molecular flexibility index (Phi) is 9.09. The van der Waals surface area contributed by atoms with Gasteiger partial charge in [-0.25, -0.2) is 0 Å². The number of nitrogens with one attached hydrogen (secondary N) is 1. The van der Waals surface area contributed by atoms with E-state index in [4.69, 9.17) is 0 Å². The molecular weight excluding hydrogens is 499 g/mol. The van der Waals surface area contributed by atoms with Crippen LogP contribution in [0.2, 0.25) is 0 Å². The van der Waals surface area contributed by atoms with Crippen LogP contribution in [0.1, 0.15) is 38.4 Å². The molecule has 8 heteroatoms. The fourth-order valence-corrected chi connectivity index (χ4v) is 3.96. The topological polar surface area (TPSA) is 65.0 Å². The highest BCUT2D eigenvalue weighted by molar-refractivity contribution is 14.0. The van der Waals surface area contributed by atoms with Crippen molar-refractivity contribution in [2.75, 3.05) is 33.7 Å². The number of guanidine groups is 1. The number of rotatable bonds is 8. The zero-order valence-electron chi connectivity index (χ0n) is 16.8. The normalized spacial score (nSPS) is 13.3. The van der Waals surface area contributed by atoms with Crippen molar-refractivity contribution in [1.29, 1.82) is 0 Å². The van der Waals surface area contributed by atoms with Crippen LogP contribution < -0.4 is 5.32 Å². The Morgan fingerprint density at radius 1 is 1.10 bits per heavy atom. The van der Waals surface area contributed by atoms with E-state index in [0.29, 0.717) is 17.7 Å². The number of likely N-dealkylation sites (N-methyl/N-ethyl adjacent to an activating group) is 1. The van der Waals surface area contributed by atoms with E-state index in [2.05, 4.69) is 32.7 Å². The van der Waals surface area contributed by atoms with Crippen molar-refractivity contribution in [3.05, 3.63) is 57.8 Å². The molecule has 0 atom stereocenters. The molecule has 1 aliphatic heterocycles. The molecule has 0 spiro atoms. The maximum absolute atomic E-state index is 12.3. The van der Waals surface area contributed by atoms with E-state index in [9.17, 15) is 9.59 Å². The fourth-order valence-electron chi connectivity index (χ4n) is 3.26. The van der Waals surface area contributed by atoms with Gasteiger partial charge in [0.15, 0.2) is 5.96 Å². The number of nitrogens with zero attached hydrogens (tertiary/aromatic N) is 3. The summed E-state index contributed by atoms with van der Waals surface area (Å²) in [5.41, 5.74) is 1.02. The van der Waals surface area contributed by atoms with Gasteiger partial charge in [0, 0.05) is 38.6 Å². The summed E-state index contributed by atoms with van der Waals surface area (Å²) in [6.45, 7) is 2.09. The number of hydrogen-bond acceptors (Lipinski definition) is 4. The number of unbranched alkanes of at least 4 members (excludes halogenated alkanes) is 1. The lowest BCUT2D eigenvalue weighted by molar-refractivity contribution is 0.0652. The lowest BCUT2D eigenvalue weighted by Crippen LogP contribution is -2.40. The highest BCUT2D eigenvalue weighted by Crippen LogP contribution is 2.22. The van der Waals surface area contributed by atoms with E-state index >= 15 is 0 Å². The third-order valence-corrected chi connectivity index (χ3v) is 5.75. The van der Waals surface area contributed by atoms with Crippen molar-refractivity contribution >= 4 is 53.1 Å². The second kappa shape index (κ2) is 11.3. The fraction of sp³-hybridized carbons (Fsp3) is 0.381. The number of aliphatic imine (C=N–C) groups is 1. The minimum absolute atomic E-state index is 0. The van der Waals surface area contributed by atoms with E-state index in [0.717, 1.165) is 38.3 Å². The van der Waals surface area contributed by atoms with Crippen molar-refractivity contribution in [3.63, 3.8) is 0 Å². The van der Waals surface area contributed by atoms with Crippen LogP contribution in [0, 0.1) is 0 Å². The monoisotopic (exact) mass is 526 g/mol. The van der Waals surface area contributed by atoms with Gasteiger partial charge >= 0.3 is 0 Å². The first-order valence-corrected chi connectivity index (χ1v) is 10.4. The largest absolute Gasteiger partial charge is 0.356 e. The number of carbonyl (C=O) groups excluding carboxylic acids is 2. The number of hydrogen-bond donors (Lipinski definition) is 1. The van der Waals surface area contributed by atoms with Crippen molar-refractivity contribution in [2.45, 2.75) is 19.3 Å². The molecule has 0 aliphatic carbocycles. The summed E-state index contributed by atoms with van der Waals surface area (Å²) in [5.74, 6) is 0.493. The van der Waals surface area contributed by atoms with Crippen molar-refractivity contribution in [1.82, 2.24) is 15.1 Å². The zero-order valence-corrected chi connectivity index (χ0v) is 19.9. The smallest absolute Gasteiger partial charge is 0.261 e. The molecule has 0 saturated carbocycles. The summed E-state index contributed by atoms with van der Waals surface area (Å²) in [6, 6.07) is 11.2. The zero-order chi connectivity index (χ0) is 19.9. The number of thiophene rings is 1. The summed E-state index contributed by atoms with van der Waals surface area (Å²) in [6.07, 6.45) is 2.61. The minimum atomic E-state index is -0.183. The number of benzene rings is 1. The number of carbonyl (C=O) groups is 2.